The lowest BCUT2D eigenvalue weighted by Gasteiger charge is -2.14. The van der Waals surface area contributed by atoms with E-state index in [1.54, 1.807) is 17.5 Å². The molecule has 2 rings (SSSR count). The number of thiazole rings is 1. The summed E-state index contributed by atoms with van der Waals surface area (Å²) in [5.41, 5.74) is 9.87. The maximum Gasteiger partial charge on any atom is 0.0988 e. The largest absolute Gasteiger partial charge is 0.397 e. The topological polar surface area (TPSA) is 51.8 Å². The number of anilines is 1. The molecule has 0 spiro atoms. The van der Waals surface area contributed by atoms with Crippen molar-refractivity contribution in [2.45, 2.75) is 39.5 Å². The number of nitrogen functional groups attached to an aromatic ring is 1. The molecule has 0 bridgehead atoms. The Balaban J connectivity index is 2.19. The van der Waals surface area contributed by atoms with Gasteiger partial charge in [0, 0.05) is 22.9 Å². The number of aryl methyl sites for hydroxylation is 1. The van der Waals surface area contributed by atoms with Crippen molar-refractivity contribution in [3.8, 4) is 0 Å². The first-order valence-corrected chi connectivity index (χ1v) is 6.90. The molecule has 0 amide bonds. The van der Waals surface area contributed by atoms with Crippen molar-refractivity contribution in [1.29, 1.82) is 0 Å². The summed E-state index contributed by atoms with van der Waals surface area (Å²) in [6.45, 7) is 8.54. The molecule has 0 saturated carbocycles. The fraction of sp³-hybridized carbons (Fsp3) is 0.429. The van der Waals surface area contributed by atoms with Gasteiger partial charge < -0.3 is 5.73 Å². The lowest BCUT2D eigenvalue weighted by Crippen LogP contribution is -2.11. The Morgan fingerprint density at radius 2 is 2.06 bits per heavy atom. The highest BCUT2D eigenvalue weighted by molar-refractivity contribution is 7.09. The van der Waals surface area contributed by atoms with Gasteiger partial charge in [-0.25, -0.2) is 4.98 Å². The molecule has 0 atom stereocenters. The molecule has 0 unspecified atom stereocenters. The van der Waals surface area contributed by atoms with E-state index < -0.39 is 0 Å². The Bertz CT molecular complexity index is 552. The first kappa shape index (κ1) is 13.0. The van der Waals surface area contributed by atoms with E-state index in [4.69, 9.17) is 5.73 Å². The zero-order valence-electron chi connectivity index (χ0n) is 11.3. The van der Waals surface area contributed by atoms with Crippen LogP contribution in [-0.4, -0.2) is 9.97 Å². The average Bonchev–Trinajstić information content (AvgIpc) is 2.72. The zero-order chi connectivity index (χ0) is 13.3. The normalized spacial score (nSPS) is 11.8. The molecule has 0 aliphatic carbocycles. The lowest BCUT2D eigenvalue weighted by molar-refractivity contribution is 0.571. The van der Waals surface area contributed by atoms with Crippen molar-refractivity contribution in [2.75, 3.05) is 5.73 Å². The molecule has 2 N–H and O–H groups in total. The SMILES string of the molecule is Cc1cc(Cc2nc(C(C)(C)C)cs2)ncc1N. The molecular formula is C14H19N3S. The fourth-order valence-electron chi connectivity index (χ4n) is 1.61. The number of hydrogen-bond donors (Lipinski definition) is 1. The number of nitrogens with zero attached hydrogens (tertiary/aromatic N) is 2. The molecule has 0 aliphatic heterocycles. The highest BCUT2D eigenvalue weighted by atomic mass is 32.1. The second-order valence-corrected chi connectivity index (χ2v) is 6.53. The van der Waals surface area contributed by atoms with Crippen molar-refractivity contribution in [3.05, 3.63) is 39.6 Å². The van der Waals surface area contributed by atoms with Crippen LogP contribution < -0.4 is 5.73 Å². The Labute approximate surface area is 112 Å². The first-order valence-electron chi connectivity index (χ1n) is 6.02. The molecule has 2 aromatic heterocycles. The van der Waals surface area contributed by atoms with Crippen molar-refractivity contribution >= 4 is 17.0 Å². The van der Waals surface area contributed by atoms with E-state index in [-0.39, 0.29) is 5.41 Å². The smallest absolute Gasteiger partial charge is 0.0988 e. The van der Waals surface area contributed by atoms with E-state index in [0.29, 0.717) is 0 Å². The molecular weight excluding hydrogens is 242 g/mol. The molecule has 0 fully saturated rings. The van der Waals surface area contributed by atoms with Gasteiger partial charge in [0.25, 0.3) is 0 Å². The quantitative estimate of drug-likeness (QED) is 0.902. The van der Waals surface area contributed by atoms with Crippen LogP contribution in [0.5, 0.6) is 0 Å². The van der Waals surface area contributed by atoms with Gasteiger partial charge in [0.1, 0.15) is 0 Å². The second kappa shape index (κ2) is 4.69. The molecule has 0 radical (unpaired) electrons. The van der Waals surface area contributed by atoms with E-state index in [1.165, 1.54) is 0 Å². The highest BCUT2D eigenvalue weighted by Crippen LogP contribution is 2.25. The summed E-state index contributed by atoms with van der Waals surface area (Å²) in [4.78, 5) is 9.02. The molecule has 4 heteroatoms. The van der Waals surface area contributed by atoms with Gasteiger partial charge in [-0.2, -0.15) is 0 Å². The predicted molar refractivity (Wildman–Crippen MR) is 77.0 cm³/mol. The zero-order valence-corrected chi connectivity index (χ0v) is 12.1. The van der Waals surface area contributed by atoms with Crippen LogP contribution in [0.4, 0.5) is 5.69 Å². The number of rotatable bonds is 2. The van der Waals surface area contributed by atoms with Crippen molar-refractivity contribution in [2.24, 2.45) is 0 Å². The van der Waals surface area contributed by atoms with Gasteiger partial charge in [0.05, 0.1) is 22.6 Å². The second-order valence-electron chi connectivity index (χ2n) is 5.59. The summed E-state index contributed by atoms with van der Waals surface area (Å²) in [6, 6.07) is 2.04. The molecule has 2 heterocycles. The summed E-state index contributed by atoms with van der Waals surface area (Å²) in [5.74, 6) is 0. The van der Waals surface area contributed by atoms with Crippen LogP contribution >= 0.6 is 11.3 Å². The standard InChI is InChI=1S/C14H19N3S/c1-9-5-10(16-7-11(9)15)6-13-17-12(8-18-13)14(2,3)4/h5,7-8H,6,15H2,1-4H3. The van der Waals surface area contributed by atoms with Gasteiger partial charge in [-0.15, -0.1) is 11.3 Å². The molecule has 3 nitrogen and oxygen atoms in total. The van der Waals surface area contributed by atoms with Gasteiger partial charge in [-0.05, 0) is 18.6 Å². The Morgan fingerprint density at radius 1 is 1.33 bits per heavy atom. The Morgan fingerprint density at radius 3 is 2.61 bits per heavy atom. The van der Waals surface area contributed by atoms with Crippen LogP contribution in [0.1, 0.15) is 42.7 Å². The number of aromatic nitrogens is 2. The van der Waals surface area contributed by atoms with Gasteiger partial charge in [0.2, 0.25) is 0 Å². The maximum absolute atomic E-state index is 5.77. The van der Waals surface area contributed by atoms with E-state index in [1.807, 2.05) is 13.0 Å². The Kier molecular flexibility index (Phi) is 3.39. The summed E-state index contributed by atoms with van der Waals surface area (Å²) in [5, 5.41) is 3.25. The van der Waals surface area contributed by atoms with E-state index in [0.717, 1.165) is 34.1 Å². The monoisotopic (exact) mass is 261 g/mol. The number of pyridine rings is 1. The fourth-order valence-corrected chi connectivity index (χ4v) is 2.65. The van der Waals surface area contributed by atoms with Crippen LogP contribution in [0, 0.1) is 6.92 Å². The van der Waals surface area contributed by atoms with E-state index >= 15 is 0 Å². The molecule has 96 valence electrons. The minimum absolute atomic E-state index is 0.110. The van der Waals surface area contributed by atoms with Crippen LogP contribution in [0.15, 0.2) is 17.6 Å². The molecule has 18 heavy (non-hydrogen) atoms. The molecule has 0 aromatic carbocycles. The molecule has 2 aromatic rings. The number of hydrogen-bond acceptors (Lipinski definition) is 4. The lowest BCUT2D eigenvalue weighted by atomic mass is 9.93. The third-order valence-corrected chi connectivity index (χ3v) is 3.71. The van der Waals surface area contributed by atoms with E-state index in [2.05, 4.69) is 36.1 Å². The summed E-state index contributed by atoms with van der Waals surface area (Å²) in [6.07, 6.45) is 2.50. The molecule has 0 saturated heterocycles. The van der Waals surface area contributed by atoms with Crippen LogP contribution in [-0.2, 0) is 11.8 Å². The van der Waals surface area contributed by atoms with Crippen molar-refractivity contribution < 1.29 is 0 Å². The first-order chi connectivity index (χ1) is 8.36. The van der Waals surface area contributed by atoms with E-state index in [9.17, 15) is 0 Å². The Hall–Kier alpha value is -1.42. The summed E-state index contributed by atoms with van der Waals surface area (Å²) in [7, 11) is 0. The minimum atomic E-state index is 0.110. The molecule has 0 aliphatic rings. The van der Waals surface area contributed by atoms with Gasteiger partial charge in [0.15, 0.2) is 0 Å². The minimum Gasteiger partial charge on any atom is -0.397 e. The number of nitrogens with two attached hydrogens (primary N) is 1. The maximum atomic E-state index is 5.77. The van der Waals surface area contributed by atoms with Gasteiger partial charge >= 0.3 is 0 Å². The summed E-state index contributed by atoms with van der Waals surface area (Å²) < 4.78 is 0. The van der Waals surface area contributed by atoms with Crippen LogP contribution in [0.3, 0.4) is 0 Å². The van der Waals surface area contributed by atoms with Gasteiger partial charge in [-0.1, -0.05) is 20.8 Å². The average molecular weight is 261 g/mol. The highest BCUT2D eigenvalue weighted by Gasteiger charge is 2.17. The van der Waals surface area contributed by atoms with Gasteiger partial charge in [-0.3, -0.25) is 4.98 Å². The van der Waals surface area contributed by atoms with Crippen molar-refractivity contribution in [3.63, 3.8) is 0 Å². The van der Waals surface area contributed by atoms with Crippen molar-refractivity contribution in [1.82, 2.24) is 9.97 Å². The third-order valence-electron chi connectivity index (χ3n) is 2.86. The third kappa shape index (κ3) is 2.88. The van der Waals surface area contributed by atoms with Crippen LogP contribution in [0.2, 0.25) is 0 Å². The predicted octanol–water partition coefficient (Wildman–Crippen LogP) is 3.32. The van der Waals surface area contributed by atoms with Crippen LogP contribution in [0.25, 0.3) is 0 Å². The summed E-state index contributed by atoms with van der Waals surface area (Å²) >= 11 is 1.70.